The molecule has 1 atom stereocenters. The molecule has 1 heterocycles. The second kappa shape index (κ2) is 7.84. The number of hydrogen-bond acceptors (Lipinski definition) is 3. The molecule has 0 aromatic heterocycles. The van der Waals surface area contributed by atoms with Gasteiger partial charge in [0.1, 0.15) is 5.75 Å². The zero-order valence-corrected chi connectivity index (χ0v) is 13.5. The minimum atomic E-state index is -0.726. The highest BCUT2D eigenvalue weighted by Gasteiger charge is 2.15. The maximum Gasteiger partial charge on any atom is 0.314 e. The number of amides is 2. The van der Waals surface area contributed by atoms with Gasteiger partial charge in [0, 0.05) is 19.5 Å². The summed E-state index contributed by atoms with van der Waals surface area (Å²) in [5.41, 5.74) is 3.08. The number of nitrogens with one attached hydrogen (secondary N) is 2. The molecule has 5 heteroatoms. The van der Waals surface area contributed by atoms with Gasteiger partial charge in [-0.2, -0.15) is 0 Å². The molecule has 0 aliphatic carbocycles. The van der Waals surface area contributed by atoms with E-state index < -0.39 is 6.10 Å². The molecule has 0 saturated carbocycles. The van der Waals surface area contributed by atoms with Crippen LogP contribution in [0, 0.1) is 0 Å². The Morgan fingerprint density at radius 3 is 2.83 bits per heavy atom. The van der Waals surface area contributed by atoms with Crippen molar-refractivity contribution in [3.8, 4) is 5.75 Å². The fourth-order valence-electron chi connectivity index (χ4n) is 2.75. The lowest BCUT2D eigenvalue weighted by molar-refractivity contribution is 0.173. The summed E-state index contributed by atoms with van der Waals surface area (Å²) in [6, 6.07) is 15.4. The van der Waals surface area contributed by atoms with Crippen molar-refractivity contribution in [2.75, 3.05) is 19.7 Å². The predicted molar refractivity (Wildman–Crippen MR) is 92.1 cm³/mol. The molecule has 3 N–H and O–H groups in total. The Kier molecular flexibility index (Phi) is 5.33. The van der Waals surface area contributed by atoms with Crippen molar-refractivity contribution in [2.45, 2.75) is 18.9 Å². The molecule has 0 radical (unpaired) electrons. The van der Waals surface area contributed by atoms with Gasteiger partial charge in [-0.25, -0.2) is 4.79 Å². The quantitative estimate of drug-likeness (QED) is 0.762. The SMILES string of the molecule is O=C(NCCc1ccccc1)NCC(O)c1ccc2c(c1)CCO2. The van der Waals surface area contributed by atoms with E-state index in [2.05, 4.69) is 10.6 Å². The van der Waals surface area contributed by atoms with Crippen molar-refractivity contribution < 1.29 is 14.6 Å². The van der Waals surface area contributed by atoms with Crippen molar-refractivity contribution in [2.24, 2.45) is 0 Å². The Hall–Kier alpha value is -2.53. The molecule has 24 heavy (non-hydrogen) atoms. The molecule has 1 unspecified atom stereocenters. The summed E-state index contributed by atoms with van der Waals surface area (Å²) in [6.07, 6.45) is 0.918. The average Bonchev–Trinajstić information content (AvgIpc) is 3.08. The first-order valence-electron chi connectivity index (χ1n) is 8.21. The van der Waals surface area contributed by atoms with Gasteiger partial charge in [-0.05, 0) is 35.2 Å². The predicted octanol–water partition coefficient (Wildman–Crippen LogP) is 2.20. The van der Waals surface area contributed by atoms with E-state index in [0.717, 1.165) is 29.7 Å². The van der Waals surface area contributed by atoms with Crippen LogP contribution in [0.1, 0.15) is 22.8 Å². The number of carbonyl (C=O) groups is 1. The summed E-state index contributed by atoms with van der Waals surface area (Å²) < 4.78 is 5.45. The van der Waals surface area contributed by atoms with E-state index in [1.165, 1.54) is 5.56 Å². The van der Waals surface area contributed by atoms with Gasteiger partial charge in [-0.15, -0.1) is 0 Å². The molecule has 0 fully saturated rings. The maximum atomic E-state index is 11.8. The molecule has 0 bridgehead atoms. The van der Waals surface area contributed by atoms with Crippen LogP contribution < -0.4 is 15.4 Å². The van der Waals surface area contributed by atoms with E-state index in [1.807, 2.05) is 48.5 Å². The van der Waals surface area contributed by atoms with Crippen LogP contribution in [-0.2, 0) is 12.8 Å². The van der Waals surface area contributed by atoms with Gasteiger partial charge in [0.2, 0.25) is 0 Å². The van der Waals surface area contributed by atoms with Crippen LogP contribution in [0.3, 0.4) is 0 Å². The lowest BCUT2D eigenvalue weighted by Gasteiger charge is -2.14. The van der Waals surface area contributed by atoms with Gasteiger partial charge in [-0.1, -0.05) is 36.4 Å². The molecular weight excluding hydrogens is 304 g/mol. The molecule has 0 saturated heterocycles. The molecule has 2 amide bonds. The number of hydrogen-bond donors (Lipinski definition) is 3. The number of benzene rings is 2. The van der Waals surface area contributed by atoms with Crippen LogP contribution in [0.2, 0.25) is 0 Å². The van der Waals surface area contributed by atoms with E-state index >= 15 is 0 Å². The molecular formula is C19H22N2O3. The lowest BCUT2D eigenvalue weighted by Crippen LogP contribution is -2.38. The second-order valence-electron chi connectivity index (χ2n) is 5.85. The minimum Gasteiger partial charge on any atom is -0.493 e. The third-order valence-corrected chi connectivity index (χ3v) is 4.10. The Labute approximate surface area is 141 Å². The molecule has 5 nitrogen and oxygen atoms in total. The Morgan fingerprint density at radius 1 is 1.17 bits per heavy atom. The third kappa shape index (κ3) is 4.26. The Balaban J connectivity index is 1.41. The van der Waals surface area contributed by atoms with E-state index in [1.54, 1.807) is 0 Å². The number of aliphatic hydroxyl groups excluding tert-OH is 1. The number of carbonyl (C=O) groups excluding carboxylic acids is 1. The number of fused-ring (bicyclic) bond motifs is 1. The fourth-order valence-corrected chi connectivity index (χ4v) is 2.75. The summed E-state index contributed by atoms with van der Waals surface area (Å²) in [5.74, 6) is 0.887. The van der Waals surface area contributed by atoms with E-state index in [9.17, 15) is 9.90 Å². The van der Waals surface area contributed by atoms with Gasteiger partial charge >= 0.3 is 6.03 Å². The van der Waals surface area contributed by atoms with Crippen molar-refractivity contribution in [3.05, 3.63) is 65.2 Å². The molecule has 126 valence electrons. The molecule has 0 spiro atoms. The Morgan fingerprint density at radius 2 is 2.00 bits per heavy atom. The molecule has 1 aliphatic rings. The number of aliphatic hydroxyl groups is 1. The zero-order valence-electron chi connectivity index (χ0n) is 13.5. The molecule has 3 rings (SSSR count). The first kappa shape index (κ1) is 16.3. The molecule has 1 aliphatic heterocycles. The van der Waals surface area contributed by atoms with Crippen LogP contribution >= 0.6 is 0 Å². The van der Waals surface area contributed by atoms with Gasteiger partial charge in [0.05, 0.1) is 12.7 Å². The molecule has 2 aromatic rings. The number of rotatable bonds is 6. The monoisotopic (exact) mass is 326 g/mol. The smallest absolute Gasteiger partial charge is 0.314 e. The summed E-state index contributed by atoms with van der Waals surface area (Å²) in [6.45, 7) is 1.43. The van der Waals surface area contributed by atoms with Gasteiger partial charge < -0.3 is 20.5 Å². The van der Waals surface area contributed by atoms with E-state index in [4.69, 9.17) is 4.74 Å². The molecule has 2 aromatic carbocycles. The van der Waals surface area contributed by atoms with Crippen LogP contribution in [0.5, 0.6) is 5.75 Å². The highest BCUT2D eigenvalue weighted by Crippen LogP contribution is 2.27. The van der Waals surface area contributed by atoms with Gasteiger partial charge in [0.25, 0.3) is 0 Å². The first-order chi connectivity index (χ1) is 11.7. The van der Waals surface area contributed by atoms with Crippen LogP contribution in [0.25, 0.3) is 0 Å². The van der Waals surface area contributed by atoms with E-state index in [-0.39, 0.29) is 12.6 Å². The van der Waals surface area contributed by atoms with E-state index in [0.29, 0.717) is 13.2 Å². The summed E-state index contributed by atoms with van der Waals surface area (Å²) in [5, 5.41) is 15.7. The second-order valence-corrected chi connectivity index (χ2v) is 5.85. The van der Waals surface area contributed by atoms with Crippen molar-refractivity contribution in [1.29, 1.82) is 0 Å². The van der Waals surface area contributed by atoms with Gasteiger partial charge in [-0.3, -0.25) is 0 Å². The average molecular weight is 326 g/mol. The van der Waals surface area contributed by atoms with Crippen molar-refractivity contribution >= 4 is 6.03 Å². The fraction of sp³-hybridized carbons (Fsp3) is 0.316. The Bertz CT molecular complexity index is 688. The maximum absolute atomic E-state index is 11.8. The van der Waals surface area contributed by atoms with Crippen LogP contribution in [0.4, 0.5) is 4.79 Å². The summed E-state index contributed by atoms with van der Waals surface area (Å²) in [4.78, 5) is 11.8. The number of urea groups is 1. The first-order valence-corrected chi connectivity index (χ1v) is 8.21. The van der Waals surface area contributed by atoms with Crippen LogP contribution in [-0.4, -0.2) is 30.8 Å². The van der Waals surface area contributed by atoms with Crippen molar-refractivity contribution in [3.63, 3.8) is 0 Å². The minimum absolute atomic E-state index is 0.177. The number of ether oxygens (including phenoxy) is 1. The van der Waals surface area contributed by atoms with Crippen LogP contribution in [0.15, 0.2) is 48.5 Å². The largest absolute Gasteiger partial charge is 0.493 e. The van der Waals surface area contributed by atoms with Crippen molar-refractivity contribution in [1.82, 2.24) is 10.6 Å². The highest BCUT2D eigenvalue weighted by molar-refractivity contribution is 5.73. The summed E-state index contributed by atoms with van der Waals surface area (Å²) >= 11 is 0. The lowest BCUT2D eigenvalue weighted by atomic mass is 10.0. The zero-order chi connectivity index (χ0) is 16.8. The summed E-state index contributed by atoms with van der Waals surface area (Å²) in [7, 11) is 0. The standard InChI is InChI=1S/C19H22N2O3/c22-17(15-6-7-18-16(12-15)9-11-24-18)13-21-19(23)20-10-8-14-4-2-1-3-5-14/h1-7,12,17,22H,8-11,13H2,(H2,20,21,23). The third-order valence-electron chi connectivity index (χ3n) is 4.10. The van der Waals surface area contributed by atoms with Gasteiger partial charge in [0.15, 0.2) is 0 Å². The normalized spacial score (nSPS) is 13.7. The highest BCUT2D eigenvalue weighted by atomic mass is 16.5. The topological polar surface area (TPSA) is 70.6 Å².